The Morgan fingerprint density at radius 2 is 2.00 bits per heavy atom. The Bertz CT molecular complexity index is 699. The maximum atomic E-state index is 5.74. The van der Waals surface area contributed by atoms with Gasteiger partial charge in [0.05, 0.1) is 0 Å². The van der Waals surface area contributed by atoms with E-state index in [0.717, 1.165) is 22.8 Å². The first kappa shape index (κ1) is 12.6. The van der Waals surface area contributed by atoms with Gasteiger partial charge in [-0.3, -0.25) is 4.98 Å². The van der Waals surface area contributed by atoms with Gasteiger partial charge in [-0.15, -0.1) is 0 Å². The fourth-order valence-electron chi connectivity index (χ4n) is 1.70. The number of aromatic nitrogens is 3. The molecule has 5 nitrogen and oxygen atoms in total. The van der Waals surface area contributed by atoms with E-state index in [1.807, 2.05) is 42.5 Å². The van der Waals surface area contributed by atoms with E-state index >= 15 is 0 Å². The molecular formula is C14H12N4OS. The fourth-order valence-corrected chi connectivity index (χ4v) is 2.15. The first-order valence-corrected chi connectivity index (χ1v) is 6.81. The minimum absolute atomic E-state index is 0.428. The van der Waals surface area contributed by atoms with Crippen LogP contribution < -0.4 is 10.5 Å². The highest BCUT2D eigenvalue weighted by molar-refractivity contribution is 7.09. The Kier molecular flexibility index (Phi) is 3.56. The van der Waals surface area contributed by atoms with Crippen LogP contribution in [0.25, 0.3) is 11.5 Å². The van der Waals surface area contributed by atoms with Crippen molar-refractivity contribution in [1.82, 2.24) is 14.3 Å². The van der Waals surface area contributed by atoms with Crippen molar-refractivity contribution in [3.63, 3.8) is 0 Å². The van der Waals surface area contributed by atoms with E-state index < -0.39 is 0 Å². The number of anilines is 1. The second-order valence-electron chi connectivity index (χ2n) is 4.11. The molecule has 2 aromatic heterocycles. The van der Waals surface area contributed by atoms with Crippen LogP contribution >= 0.6 is 11.5 Å². The normalized spacial score (nSPS) is 10.4. The van der Waals surface area contributed by atoms with Gasteiger partial charge in [0, 0.05) is 23.8 Å². The largest absolute Gasteiger partial charge is 0.489 e. The molecule has 0 saturated heterocycles. The van der Waals surface area contributed by atoms with Crippen molar-refractivity contribution < 1.29 is 4.74 Å². The third kappa shape index (κ3) is 2.92. The molecule has 0 radical (unpaired) electrons. The number of hydrogen-bond acceptors (Lipinski definition) is 6. The lowest BCUT2D eigenvalue weighted by atomic mass is 10.2. The predicted molar refractivity (Wildman–Crippen MR) is 78.3 cm³/mol. The zero-order chi connectivity index (χ0) is 13.8. The molecule has 0 amide bonds. The first-order chi connectivity index (χ1) is 9.81. The van der Waals surface area contributed by atoms with Gasteiger partial charge in [0.15, 0.2) is 11.0 Å². The molecule has 0 fully saturated rings. The maximum Gasteiger partial charge on any atom is 0.200 e. The fraction of sp³-hybridized carbons (Fsp3) is 0.0714. The van der Waals surface area contributed by atoms with Gasteiger partial charge in [0.1, 0.15) is 18.1 Å². The second-order valence-corrected chi connectivity index (χ2v) is 4.89. The highest BCUT2D eigenvalue weighted by atomic mass is 32.1. The van der Waals surface area contributed by atoms with Crippen molar-refractivity contribution in [1.29, 1.82) is 0 Å². The van der Waals surface area contributed by atoms with E-state index in [4.69, 9.17) is 10.5 Å². The molecule has 0 aliphatic rings. The third-order valence-corrected chi connectivity index (χ3v) is 3.19. The van der Waals surface area contributed by atoms with E-state index in [1.54, 1.807) is 6.20 Å². The van der Waals surface area contributed by atoms with Gasteiger partial charge in [-0.05, 0) is 11.6 Å². The Morgan fingerprint density at radius 1 is 1.15 bits per heavy atom. The van der Waals surface area contributed by atoms with Crippen LogP contribution in [0.15, 0.2) is 48.7 Å². The van der Waals surface area contributed by atoms with Crippen molar-refractivity contribution >= 4 is 16.7 Å². The van der Waals surface area contributed by atoms with Crippen LogP contribution in [0.1, 0.15) is 5.56 Å². The summed E-state index contributed by atoms with van der Waals surface area (Å²) in [6, 6.07) is 13.6. The molecule has 0 unspecified atom stereocenters. The van der Waals surface area contributed by atoms with Gasteiger partial charge in [-0.1, -0.05) is 30.3 Å². The van der Waals surface area contributed by atoms with Crippen LogP contribution in [-0.2, 0) is 6.61 Å². The molecule has 0 aliphatic carbocycles. The van der Waals surface area contributed by atoms with Crippen LogP contribution in [0.2, 0.25) is 0 Å². The summed E-state index contributed by atoms with van der Waals surface area (Å²) in [4.78, 5) is 8.33. The summed E-state index contributed by atoms with van der Waals surface area (Å²) in [5.41, 5.74) is 7.34. The number of benzene rings is 1. The highest BCUT2D eigenvalue weighted by Gasteiger charge is 2.07. The smallest absolute Gasteiger partial charge is 0.200 e. The van der Waals surface area contributed by atoms with E-state index in [1.165, 1.54) is 0 Å². The molecule has 3 aromatic rings. The summed E-state index contributed by atoms with van der Waals surface area (Å²) in [7, 11) is 0. The van der Waals surface area contributed by atoms with Crippen LogP contribution in [0, 0.1) is 0 Å². The lowest BCUT2D eigenvalue weighted by molar-refractivity contribution is 0.306. The minimum atomic E-state index is 0.428. The van der Waals surface area contributed by atoms with Crippen LogP contribution in [-0.4, -0.2) is 14.3 Å². The molecule has 6 heteroatoms. The Morgan fingerprint density at radius 3 is 2.75 bits per heavy atom. The summed E-state index contributed by atoms with van der Waals surface area (Å²) in [5.74, 6) is 1.25. The van der Waals surface area contributed by atoms with Gasteiger partial charge in [0.25, 0.3) is 0 Å². The Hall–Kier alpha value is -2.47. The molecule has 1 aromatic carbocycles. The lowest BCUT2D eigenvalue weighted by Gasteiger charge is -2.06. The number of rotatable bonds is 4. The van der Waals surface area contributed by atoms with E-state index in [-0.39, 0.29) is 0 Å². The van der Waals surface area contributed by atoms with Gasteiger partial charge >= 0.3 is 0 Å². The molecule has 20 heavy (non-hydrogen) atoms. The summed E-state index contributed by atoms with van der Waals surface area (Å²) in [5, 5.41) is 0.428. The summed E-state index contributed by atoms with van der Waals surface area (Å²) < 4.78 is 9.87. The maximum absolute atomic E-state index is 5.74. The van der Waals surface area contributed by atoms with E-state index in [2.05, 4.69) is 14.3 Å². The molecule has 0 atom stereocenters. The van der Waals surface area contributed by atoms with Crippen LogP contribution in [0.3, 0.4) is 0 Å². The monoisotopic (exact) mass is 284 g/mol. The zero-order valence-corrected chi connectivity index (χ0v) is 11.4. The van der Waals surface area contributed by atoms with Gasteiger partial charge in [-0.25, -0.2) is 0 Å². The van der Waals surface area contributed by atoms with Crippen molar-refractivity contribution in [2.75, 3.05) is 5.73 Å². The summed E-state index contributed by atoms with van der Waals surface area (Å²) in [6.07, 6.45) is 1.67. The first-order valence-electron chi connectivity index (χ1n) is 6.03. The van der Waals surface area contributed by atoms with Gasteiger partial charge in [-0.2, -0.15) is 9.36 Å². The Labute approximate surface area is 120 Å². The van der Waals surface area contributed by atoms with Crippen molar-refractivity contribution in [3.8, 4) is 17.3 Å². The number of nitrogen functional groups attached to an aromatic ring is 1. The van der Waals surface area contributed by atoms with Crippen molar-refractivity contribution in [3.05, 3.63) is 54.2 Å². The molecule has 100 valence electrons. The van der Waals surface area contributed by atoms with Crippen LogP contribution in [0.4, 0.5) is 5.13 Å². The molecule has 0 aliphatic heterocycles. The number of ether oxygens (including phenoxy) is 1. The van der Waals surface area contributed by atoms with Gasteiger partial charge in [0.2, 0.25) is 0 Å². The zero-order valence-electron chi connectivity index (χ0n) is 10.6. The van der Waals surface area contributed by atoms with Crippen LogP contribution in [0.5, 0.6) is 5.75 Å². The van der Waals surface area contributed by atoms with Crippen molar-refractivity contribution in [2.24, 2.45) is 0 Å². The molecule has 2 N–H and O–H groups in total. The second kappa shape index (κ2) is 5.66. The third-order valence-electron chi connectivity index (χ3n) is 2.65. The molecule has 0 spiro atoms. The lowest BCUT2D eigenvalue weighted by Crippen LogP contribution is -1.96. The van der Waals surface area contributed by atoms with Crippen molar-refractivity contribution in [2.45, 2.75) is 6.61 Å². The number of nitrogens with zero attached hydrogens (tertiary/aromatic N) is 3. The minimum Gasteiger partial charge on any atom is -0.489 e. The summed E-state index contributed by atoms with van der Waals surface area (Å²) >= 11 is 1.15. The number of nitrogens with two attached hydrogens (primary N) is 1. The SMILES string of the molecule is Nc1nc(-c2cc(OCc3ccccc3)ccn2)ns1. The highest BCUT2D eigenvalue weighted by Crippen LogP contribution is 2.21. The number of pyridine rings is 1. The molecule has 3 rings (SSSR count). The quantitative estimate of drug-likeness (QED) is 0.797. The van der Waals surface area contributed by atoms with E-state index in [9.17, 15) is 0 Å². The summed E-state index contributed by atoms with van der Waals surface area (Å²) in [6.45, 7) is 0.511. The average Bonchev–Trinajstić information content (AvgIpc) is 2.93. The Balaban J connectivity index is 1.75. The standard InChI is InChI=1S/C14H12N4OS/c15-14-17-13(18-20-14)12-8-11(6-7-16-12)19-9-10-4-2-1-3-5-10/h1-8H,9H2,(H2,15,17,18). The topological polar surface area (TPSA) is 73.9 Å². The molecule has 0 saturated carbocycles. The molecular weight excluding hydrogens is 272 g/mol. The van der Waals surface area contributed by atoms with Gasteiger partial charge < -0.3 is 10.5 Å². The molecule has 2 heterocycles. The van der Waals surface area contributed by atoms with E-state index in [0.29, 0.717) is 23.3 Å². The molecule has 0 bridgehead atoms. The predicted octanol–water partition coefficient (Wildman–Crippen LogP) is 2.76. The number of hydrogen-bond donors (Lipinski definition) is 1. The average molecular weight is 284 g/mol.